The fraction of sp³-hybridized carbons (Fsp3) is 0.660. The lowest BCUT2D eigenvalue weighted by Gasteiger charge is -2.24. The molecule has 64 heavy (non-hydrogen) atoms. The predicted octanol–water partition coefficient (Wildman–Crippen LogP) is 13.5. The molecule has 0 bridgehead atoms. The van der Waals surface area contributed by atoms with Gasteiger partial charge in [0.25, 0.3) is 0 Å². The number of esters is 2. The molecule has 0 aromatic carbocycles. The SMILES string of the molecule is CC/C=C\CC1OC1C/C=C\C/C=C\C/C=C\C/C=C\CCC(=O)O[C@H](COC(=O)CCCCCCCC/C=C\C/C=C\C/C=C\CCCCCC)COP(=O)(O)OCC[N+](C)(C)C. The van der Waals surface area contributed by atoms with Gasteiger partial charge in [0, 0.05) is 12.8 Å². The van der Waals surface area contributed by atoms with E-state index < -0.39 is 32.5 Å². The molecule has 1 fully saturated rings. The van der Waals surface area contributed by atoms with Crippen LogP contribution in [0.2, 0.25) is 0 Å². The molecule has 1 N–H and O–H groups in total. The van der Waals surface area contributed by atoms with Gasteiger partial charge in [-0.3, -0.25) is 18.6 Å². The van der Waals surface area contributed by atoms with Crippen molar-refractivity contribution < 1.29 is 46.8 Å². The van der Waals surface area contributed by atoms with E-state index in [2.05, 4.69) is 98.9 Å². The Balaban J connectivity index is 2.30. The van der Waals surface area contributed by atoms with Gasteiger partial charge in [-0.05, 0) is 89.9 Å². The number of hydrogen-bond acceptors (Lipinski definition) is 8. The van der Waals surface area contributed by atoms with Crippen LogP contribution in [0.15, 0.2) is 97.2 Å². The maximum absolute atomic E-state index is 12.7. The van der Waals surface area contributed by atoms with Crippen molar-refractivity contribution >= 4 is 19.8 Å². The van der Waals surface area contributed by atoms with Crippen molar-refractivity contribution in [3.63, 3.8) is 0 Å². The molecule has 0 aromatic heterocycles. The van der Waals surface area contributed by atoms with Crippen LogP contribution in [0, 0.1) is 0 Å². The van der Waals surface area contributed by atoms with Crippen molar-refractivity contribution in [3.05, 3.63) is 97.2 Å². The second kappa shape index (κ2) is 40.2. The van der Waals surface area contributed by atoms with Gasteiger partial charge in [-0.1, -0.05) is 156 Å². The second-order valence-electron chi connectivity index (χ2n) is 17.5. The molecule has 1 aliphatic rings. The van der Waals surface area contributed by atoms with Crippen LogP contribution in [-0.4, -0.2) is 87.1 Å². The fourth-order valence-electron chi connectivity index (χ4n) is 6.32. The number of rotatable bonds is 42. The Morgan fingerprint density at radius 3 is 1.61 bits per heavy atom. The largest absolute Gasteiger partial charge is 0.472 e. The molecule has 0 amide bonds. The predicted molar refractivity (Wildman–Crippen MR) is 265 cm³/mol. The number of nitrogens with zero attached hydrogens (tertiary/aromatic N) is 1. The molecule has 0 spiro atoms. The average molecular weight is 915 g/mol. The number of quaternary nitrogens is 1. The second-order valence-corrected chi connectivity index (χ2v) is 19.0. The van der Waals surface area contributed by atoms with Crippen molar-refractivity contribution in [3.8, 4) is 0 Å². The van der Waals surface area contributed by atoms with Crippen LogP contribution in [0.5, 0.6) is 0 Å². The molecular formula is C53H89NO9P+. The van der Waals surface area contributed by atoms with Crippen molar-refractivity contribution in [2.75, 3.05) is 47.5 Å². The van der Waals surface area contributed by atoms with Gasteiger partial charge in [0.2, 0.25) is 0 Å². The number of likely N-dealkylation sites (N-methyl/N-ethyl adjacent to an activating group) is 1. The van der Waals surface area contributed by atoms with Crippen LogP contribution < -0.4 is 0 Å². The summed E-state index contributed by atoms with van der Waals surface area (Å²) in [6, 6.07) is 0. The number of carbonyl (C=O) groups excluding carboxylic acids is 2. The highest BCUT2D eigenvalue weighted by Gasteiger charge is 2.36. The van der Waals surface area contributed by atoms with Gasteiger partial charge in [-0.2, -0.15) is 0 Å². The number of phosphoric ester groups is 1. The van der Waals surface area contributed by atoms with Crippen LogP contribution in [0.25, 0.3) is 0 Å². The minimum atomic E-state index is -4.41. The summed E-state index contributed by atoms with van der Waals surface area (Å²) in [4.78, 5) is 35.5. The number of unbranched alkanes of at least 4 members (excludes halogenated alkanes) is 10. The Morgan fingerprint density at radius 2 is 1.06 bits per heavy atom. The summed E-state index contributed by atoms with van der Waals surface area (Å²) < 4.78 is 40.0. The molecule has 1 heterocycles. The van der Waals surface area contributed by atoms with Crippen LogP contribution in [0.1, 0.15) is 162 Å². The van der Waals surface area contributed by atoms with Gasteiger partial charge in [-0.15, -0.1) is 0 Å². The molecule has 0 saturated carbocycles. The number of allylic oxidation sites excluding steroid dienone is 14. The number of epoxide rings is 1. The quantitative estimate of drug-likeness (QED) is 0.0159. The van der Waals surface area contributed by atoms with E-state index in [0.29, 0.717) is 36.1 Å². The zero-order chi connectivity index (χ0) is 46.8. The first kappa shape index (κ1) is 58.9. The maximum Gasteiger partial charge on any atom is 0.472 e. The van der Waals surface area contributed by atoms with E-state index in [1.54, 1.807) is 0 Å². The van der Waals surface area contributed by atoms with Crippen LogP contribution in [0.3, 0.4) is 0 Å². The van der Waals surface area contributed by atoms with E-state index in [4.69, 9.17) is 23.3 Å². The molecular weight excluding hydrogens is 826 g/mol. The third kappa shape index (κ3) is 40.4. The minimum absolute atomic E-state index is 0.00820. The van der Waals surface area contributed by atoms with Crippen molar-refractivity contribution in [1.82, 2.24) is 0 Å². The van der Waals surface area contributed by atoms with Crippen LogP contribution >= 0.6 is 7.82 Å². The maximum atomic E-state index is 12.7. The summed E-state index contributed by atoms with van der Waals surface area (Å²) in [7, 11) is 1.40. The average Bonchev–Trinajstić information content (AvgIpc) is 4.01. The summed E-state index contributed by atoms with van der Waals surface area (Å²) in [6.07, 6.45) is 56.5. The van der Waals surface area contributed by atoms with E-state index >= 15 is 0 Å². The Bertz CT molecular complexity index is 1470. The van der Waals surface area contributed by atoms with Gasteiger partial charge in [-0.25, -0.2) is 4.57 Å². The lowest BCUT2D eigenvalue weighted by atomic mass is 10.1. The molecule has 10 nitrogen and oxygen atoms in total. The van der Waals surface area contributed by atoms with Gasteiger partial charge in [0.05, 0.1) is 40.0 Å². The summed E-state index contributed by atoms with van der Waals surface area (Å²) in [6.45, 7) is 4.16. The number of carbonyl (C=O) groups is 2. The van der Waals surface area contributed by atoms with E-state index in [9.17, 15) is 19.0 Å². The minimum Gasteiger partial charge on any atom is -0.462 e. The number of ether oxygens (including phenoxy) is 3. The molecule has 364 valence electrons. The third-order valence-electron chi connectivity index (χ3n) is 10.3. The summed E-state index contributed by atoms with van der Waals surface area (Å²) in [5.41, 5.74) is 0. The zero-order valence-electron chi connectivity index (χ0n) is 40.7. The smallest absolute Gasteiger partial charge is 0.462 e. The zero-order valence-corrected chi connectivity index (χ0v) is 41.6. The van der Waals surface area contributed by atoms with Gasteiger partial charge < -0.3 is 23.6 Å². The molecule has 0 aliphatic carbocycles. The summed E-state index contributed by atoms with van der Waals surface area (Å²) in [5.74, 6) is -0.924. The highest BCUT2D eigenvalue weighted by Crippen LogP contribution is 2.43. The lowest BCUT2D eigenvalue weighted by molar-refractivity contribution is -0.870. The van der Waals surface area contributed by atoms with Crippen molar-refractivity contribution in [1.29, 1.82) is 0 Å². The molecule has 0 aromatic rings. The summed E-state index contributed by atoms with van der Waals surface area (Å²) >= 11 is 0. The van der Waals surface area contributed by atoms with E-state index in [1.165, 1.54) is 32.1 Å². The number of hydrogen-bond donors (Lipinski definition) is 1. The molecule has 0 radical (unpaired) electrons. The lowest BCUT2D eigenvalue weighted by Crippen LogP contribution is -2.37. The molecule has 1 aliphatic heterocycles. The van der Waals surface area contributed by atoms with Crippen molar-refractivity contribution in [2.24, 2.45) is 0 Å². The molecule has 11 heteroatoms. The third-order valence-corrected chi connectivity index (χ3v) is 11.2. The Hall–Kier alpha value is -3.11. The molecule has 3 unspecified atom stereocenters. The Kier molecular flexibility index (Phi) is 37.0. The van der Waals surface area contributed by atoms with Crippen LogP contribution in [0.4, 0.5) is 0 Å². The first-order valence-electron chi connectivity index (χ1n) is 24.6. The van der Waals surface area contributed by atoms with Gasteiger partial charge in [0.15, 0.2) is 6.10 Å². The van der Waals surface area contributed by atoms with Crippen LogP contribution in [-0.2, 0) is 37.4 Å². The Labute approximate surface area is 389 Å². The van der Waals surface area contributed by atoms with Gasteiger partial charge >= 0.3 is 19.8 Å². The fourth-order valence-corrected chi connectivity index (χ4v) is 7.06. The topological polar surface area (TPSA) is 121 Å². The van der Waals surface area contributed by atoms with Crippen molar-refractivity contribution in [2.45, 2.75) is 180 Å². The highest BCUT2D eigenvalue weighted by atomic mass is 31.2. The van der Waals surface area contributed by atoms with E-state index in [-0.39, 0.29) is 26.1 Å². The Morgan fingerprint density at radius 1 is 0.578 bits per heavy atom. The standard InChI is InChI=1S/C53H88NO9P/c1-6-8-10-11-12-13-14-15-16-17-18-19-20-21-22-26-29-32-35-39-43-52(55)59-47-49(48-61-64(57,58)60-46-45-54(3,4)5)62-53(56)44-40-36-33-30-27-24-23-25-28-31-34-38-42-51-50(63-51)41-37-9-7-2/h9,13-14,16-17,19-20,24-25,27-28,33-34,36-38,49-51H,6-8,10-12,15,18,21-23,26,29-32,35,39-48H2,1-5H3/p+1/b14-13-,17-16-,20-19-,27-24-,28-25-,36-33-,37-9-,38-34-/t49-,50?,51?/m1/s1. The molecule has 1 saturated heterocycles. The van der Waals surface area contributed by atoms with Gasteiger partial charge in [0.1, 0.15) is 19.8 Å². The monoisotopic (exact) mass is 915 g/mol. The normalized spacial score (nSPS) is 17.5. The van der Waals surface area contributed by atoms with E-state index in [0.717, 1.165) is 89.9 Å². The molecule has 1 rings (SSSR count). The first-order chi connectivity index (χ1) is 31.0. The highest BCUT2D eigenvalue weighted by molar-refractivity contribution is 7.47. The van der Waals surface area contributed by atoms with E-state index in [1.807, 2.05) is 33.3 Å². The number of phosphoric acid groups is 1. The molecule has 4 atom stereocenters. The summed E-state index contributed by atoms with van der Waals surface area (Å²) in [5, 5.41) is 0. The first-order valence-corrected chi connectivity index (χ1v) is 26.1.